The minimum absolute atomic E-state index is 0.0906. The molecular weight excluding hydrogens is 294 g/mol. The van der Waals surface area contributed by atoms with Crippen LogP contribution in [0.1, 0.15) is 22.7 Å². The molecule has 0 aliphatic rings. The second-order valence-corrected chi connectivity index (χ2v) is 5.36. The summed E-state index contributed by atoms with van der Waals surface area (Å²) in [5.74, 6) is -0.844. The van der Waals surface area contributed by atoms with Gasteiger partial charge in [-0.3, -0.25) is 4.79 Å². The topological polar surface area (TPSA) is 109 Å². The lowest BCUT2D eigenvalue weighted by Gasteiger charge is -2.12. The van der Waals surface area contributed by atoms with E-state index in [4.69, 9.17) is 5.11 Å². The fourth-order valence-corrected chi connectivity index (χ4v) is 2.19. The lowest BCUT2D eigenvalue weighted by atomic mass is 10.2. The highest BCUT2D eigenvalue weighted by Crippen LogP contribution is 2.04. The molecule has 2 aromatic rings. The van der Waals surface area contributed by atoms with Crippen molar-refractivity contribution >= 4 is 29.4 Å². The summed E-state index contributed by atoms with van der Waals surface area (Å²) < 4.78 is 1.44. The number of fused-ring (bicyclic) bond motifs is 1. The Morgan fingerprint density at radius 3 is 2.90 bits per heavy atom. The maximum Gasteiger partial charge on any atom is 0.326 e. The molecule has 0 fully saturated rings. The smallest absolute Gasteiger partial charge is 0.326 e. The van der Waals surface area contributed by atoms with Crippen molar-refractivity contribution in [2.24, 2.45) is 0 Å². The van der Waals surface area contributed by atoms with Crippen LogP contribution in [0.15, 0.2) is 12.3 Å². The first kappa shape index (κ1) is 15.2. The summed E-state index contributed by atoms with van der Waals surface area (Å²) in [4.78, 5) is 31.2. The summed E-state index contributed by atoms with van der Waals surface area (Å²) in [7, 11) is 0. The quantitative estimate of drug-likeness (QED) is 0.793. The van der Waals surface area contributed by atoms with Crippen LogP contribution in [0.3, 0.4) is 0 Å². The van der Waals surface area contributed by atoms with Crippen LogP contribution in [0.4, 0.5) is 0 Å². The largest absolute Gasteiger partial charge is 0.480 e. The molecule has 2 heterocycles. The molecule has 0 spiro atoms. The average molecular weight is 309 g/mol. The summed E-state index contributed by atoms with van der Waals surface area (Å²) in [5, 5.41) is 15.6. The second-order valence-electron chi connectivity index (χ2n) is 4.38. The van der Waals surface area contributed by atoms with Crippen molar-refractivity contribution in [3.63, 3.8) is 0 Å². The van der Waals surface area contributed by atoms with Gasteiger partial charge in [0.1, 0.15) is 6.04 Å². The van der Waals surface area contributed by atoms with E-state index in [1.165, 1.54) is 16.3 Å². The number of carbonyl (C=O) groups excluding carboxylic acids is 1. The van der Waals surface area contributed by atoms with Crippen LogP contribution in [-0.2, 0) is 4.79 Å². The molecule has 8 nitrogen and oxygen atoms in total. The van der Waals surface area contributed by atoms with Crippen molar-refractivity contribution in [3.8, 4) is 0 Å². The minimum atomic E-state index is -1.07. The summed E-state index contributed by atoms with van der Waals surface area (Å²) in [6.07, 6.45) is 3.78. The van der Waals surface area contributed by atoms with E-state index in [0.717, 1.165) is 5.69 Å². The Labute approximate surface area is 125 Å². The van der Waals surface area contributed by atoms with E-state index in [9.17, 15) is 9.59 Å². The van der Waals surface area contributed by atoms with Gasteiger partial charge in [0.2, 0.25) is 5.82 Å². The Morgan fingerprint density at radius 2 is 2.29 bits per heavy atom. The van der Waals surface area contributed by atoms with Crippen LogP contribution in [0, 0.1) is 6.92 Å². The predicted octanol–water partition coefficient (Wildman–Crippen LogP) is 0.369. The molecule has 2 aromatic heterocycles. The molecule has 0 saturated carbocycles. The van der Waals surface area contributed by atoms with Crippen molar-refractivity contribution in [2.45, 2.75) is 19.4 Å². The molecule has 2 N–H and O–H groups in total. The van der Waals surface area contributed by atoms with Crippen molar-refractivity contribution < 1.29 is 14.7 Å². The first-order valence-electron chi connectivity index (χ1n) is 6.24. The lowest BCUT2D eigenvalue weighted by molar-refractivity contribution is -0.139. The van der Waals surface area contributed by atoms with Gasteiger partial charge in [0.05, 0.1) is 0 Å². The van der Waals surface area contributed by atoms with E-state index in [-0.39, 0.29) is 5.82 Å². The predicted molar refractivity (Wildman–Crippen MR) is 77.4 cm³/mol. The van der Waals surface area contributed by atoms with E-state index in [1.807, 2.05) is 13.2 Å². The average Bonchev–Trinajstić information content (AvgIpc) is 2.88. The number of carbonyl (C=O) groups is 2. The van der Waals surface area contributed by atoms with Gasteiger partial charge in [0.15, 0.2) is 0 Å². The third-order valence-electron chi connectivity index (χ3n) is 2.85. The molecule has 21 heavy (non-hydrogen) atoms. The molecule has 0 saturated heterocycles. The van der Waals surface area contributed by atoms with Crippen molar-refractivity contribution in [1.29, 1.82) is 0 Å². The molecule has 0 aliphatic heterocycles. The normalized spacial score (nSPS) is 12.3. The number of aromatic nitrogens is 4. The molecule has 0 bridgehead atoms. The molecule has 1 atom stereocenters. The monoisotopic (exact) mass is 309 g/mol. The Bertz CT molecular complexity index is 672. The number of nitrogens with zero attached hydrogens (tertiary/aromatic N) is 4. The van der Waals surface area contributed by atoms with E-state index >= 15 is 0 Å². The van der Waals surface area contributed by atoms with Crippen LogP contribution in [0.25, 0.3) is 5.78 Å². The first-order chi connectivity index (χ1) is 10.0. The maximum absolute atomic E-state index is 12.1. The molecule has 9 heteroatoms. The van der Waals surface area contributed by atoms with Gasteiger partial charge in [0.25, 0.3) is 11.7 Å². The number of rotatable bonds is 6. The Morgan fingerprint density at radius 1 is 1.52 bits per heavy atom. The first-order valence-corrected chi connectivity index (χ1v) is 7.63. The number of carboxylic acids is 1. The zero-order chi connectivity index (χ0) is 15.4. The standard InChI is InChI=1S/C12H15N5O3S/c1-7-3-5-13-12-15-9(16-17(7)12)10(18)14-8(11(19)20)4-6-21-2/h3,5,8H,4,6H2,1-2H3,(H,14,18)(H,19,20). The lowest BCUT2D eigenvalue weighted by Crippen LogP contribution is -2.41. The van der Waals surface area contributed by atoms with Crippen LogP contribution in [-0.4, -0.2) is 54.6 Å². The number of thioether (sulfide) groups is 1. The number of aliphatic carboxylic acids is 1. The SMILES string of the molecule is CSCCC(NC(=O)c1nc2nccc(C)n2n1)C(=O)O. The van der Waals surface area contributed by atoms with Gasteiger partial charge in [-0.2, -0.15) is 16.7 Å². The Balaban J connectivity index is 2.17. The van der Waals surface area contributed by atoms with E-state index in [2.05, 4.69) is 20.4 Å². The van der Waals surface area contributed by atoms with Gasteiger partial charge in [-0.25, -0.2) is 14.3 Å². The maximum atomic E-state index is 12.1. The number of aryl methyl sites for hydroxylation is 1. The van der Waals surface area contributed by atoms with Crippen LogP contribution >= 0.6 is 11.8 Å². The van der Waals surface area contributed by atoms with Gasteiger partial charge in [0, 0.05) is 11.9 Å². The number of hydrogen-bond donors (Lipinski definition) is 2. The van der Waals surface area contributed by atoms with E-state index < -0.39 is 17.9 Å². The van der Waals surface area contributed by atoms with Crippen molar-refractivity contribution in [1.82, 2.24) is 24.9 Å². The van der Waals surface area contributed by atoms with Gasteiger partial charge in [-0.15, -0.1) is 5.10 Å². The van der Waals surface area contributed by atoms with Crippen LogP contribution in [0.2, 0.25) is 0 Å². The highest BCUT2D eigenvalue weighted by molar-refractivity contribution is 7.98. The molecule has 112 valence electrons. The molecule has 0 aromatic carbocycles. The summed E-state index contributed by atoms with van der Waals surface area (Å²) >= 11 is 1.52. The number of hydrogen-bond acceptors (Lipinski definition) is 6. The second kappa shape index (κ2) is 6.53. The Kier molecular flexibility index (Phi) is 4.73. The zero-order valence-electron chi connectivity index (χ0n) is 11.6. The Hall–Kier alpha value is -2.16. The number of amides is 1. The third kappa shape index (κ3) is 3.48. The van der Waals surface area contributed by atoms with Crippen molar-refractivity contribution in [2.75, 3.05) is 12.0 Å². The molecular formula is C12H15N5O3S. The molecule has 0 aliphatic carbocycles. The summed E-state index contributed by atoms with van der Waals surface area (Å²) in [6.45, 7) is 1.81. The minimum Gasteiger partial charge on any atom is -0.480 e. The van der Waals surface area contributed by atoms with Crippen LogP contribution < -0.4 is 5.32 Å². The fraction of sp³-hybridized carbons (Fsp3) is 0.417. The summed E-state index contributed by atoms with van der Waals surface area (Å²) in [5.41, 5.74) is 0.781. The fourth-order valence-electron chi connectivity index (χ4n) is 1.72. The number of carboxylic acid groups (broad SMARTS) is 1. The van der Waals surface area contributed by atoms with Crippen LogP contribution in [0.5, 0.6) is 0 Å². The molecule has 1 unspecified atom stereocenters. The van der Waals surface area contributed by atoms with Gasteiger partial charge in [-0.05, 0) is 31.4 Å². The highest BCUT2D eigenvalue weighted by Gasteiger charge is 2.23. The number of nitrogens with one attached hydrogen (secondary N) is 1. The van der Waals surface area contributed by atoms with E-state index in [0.29, 0.717) is 18.0 Å². The zero-order valence-corrected chi connectivity index (χ0v) is 12.4. The van der Waals surface area contributed by atoms with Crippen molar-refractivity contribution in [3.05, 3.63) is 23.8 Å². The summed E-state index contributed by atoms with van der Waals surface area (Å²) in [6, 6.07) is 0.785. The van der Waals surface area contributed by atoms with Gasteiger partial charge < -0.3 is 10.4 Å². The molecule has 1 amide bonds. The highest BCUT2D eigenvalue weighted by atomic mass is 32.2. The third-order valence-corrected chi connectivity index (χ3v) is 3.49. The van der Waals surface area contributed by atoms with Gasteiger partial charge >= 0.3 is 5.97 Å². The molecule has 2 rings (SSSR count). The van der Waals surface area contributed by atoms with E-state index in [1.54, 1.807) is 12.3 Å². The van der Waals surface area contributed by atoms with Gasteiger partial charge in [-0.1, -0.05) is 0 Å². The molecule has 0 radical (unpaired) electrons.